The van der Waals surface area contributed by atoms with E-state index in [1.807, 2.05) is 18.2 Å². The van der Waals surface area contributed by atoms with E-state index in [9.17, 15) is 0 Å². The third-order valence-electron chi connectivity index (χ3n) is 1.48. The molecular weight excluding hydrogens is 330 g/mol. The Kier molecular flexibility index (Phi) is 3.25. The maximum atomic E-state index is 4.20. The van der Waals surface area contributed by atoms with Crippen LogP contribution in [0.1, 0.15) is 0 Å². The highest BCUT2D eigenvalue weighted by Gasteiger charge is 2.09. The summed E-state index contributed by atoms with van der Waals surface area (Å²) in [6.45, 7) is 0. The van der Waals surface area contributed by atoms with E-state index in [0.29, 0.717) is 0 Å². The molecule has 2 rings (SSSR count). The summed E-state index contributed by atoms with van der Waals surface area (Å²) < 4.78 is 1.77. The topological polar surface area (TPSA) is 41.6 Å². The van der Waals surface area contributed by atoms with Crippen molar-refractivity contribution >= 4 is 43.6 Å². The molecule has 14 heavy (non-hydrogen) atoms. The first kappa shape index (κ1) is 10.2. The zero-order chi connectivity index (χ0) is 9.97. The molecule has 3 nitrogen and oxygen atoms in total. The average Bonchev–Trinajstić information content (AvgIpc) is 2.52. The molecular formula is C8H5Br2N3S. The fraction of sp³-hybridized carbons (Fsp3) is 0. The van der Waals surface area contributed by atoms with Gasteiger partial charge in [-0.1, -0.05) is 6.07 Å². The van der Waals surface area contributed by atoms with E-state index >= 15 is 0 Å². The Labute approximate surface area is 102 Å². The van der Waals surface area contributed by atoms with Gasteiger partial charge in [0.05, 0.1) is 4.47 Å². The van der Waals surface area contributed by atoms with Crippen LogP contribution in [0.5, 0.6) is 0 Å². The van der Waals surface area contributed by atoms with E-state index in [2.05, 4.69) is 47.0 Å². The molecule has 0 aliphatic heterocycles. The summed E-state index contributed by atoms with van der Waals surface area (Å²) in [5.41, 5.74) is 0. The number of hydrogen-bond donors (Lipinski definition) is 1. The molecule has 0 amide bonds. The minimum atomic E-state index is 0.843. The second-order valence-corrected chi connectivity index (χ2v) is 5.02. The Morgan fingerprint density at radius 1 is 1.29 bits per heavy atom. The summed E-state index contributed by atoms with van der Waals surface area (Å²) in [4.78, 5) is 4.20. The van der Waals surface area contributed by atoms with Gasteiger partial charge in [0, 0.05) is 6.20 Å². The lowest BCUT2D eigenvalue weighted by Gasteiger charge is -1.95. The maximum absolute atomic E-state index is 4.20. The number of hydrogen-bond acceptors (Lipinski definition) is 3. The van der Waals surface area contributed by atoms with E-state index in [4.69, 9.17) is 0 Å². The summed E-state index contributed by atoms with van der Waals surface area (Å²) in [5.74, 6) is 0. The molecule has 0 fully saturated rings. The van der Waals surface area contributed by atoms with E-state index in [1.165, 1.54) is 11.8 Å². The number of pyridine rings is 1. The number of rotatable bonds is 2. The van der Waals surface area contributed by atoms with Crippen LogP contribution in [-0.4, -0.2) is 15.2 Å². The van der Waals surface area contributed by atoms with Gasteiger partial charge < -0.3 is 0 Å². The number of aromatic amines is 1. The lowest BCUT2D eigenvalue weighted by Crippen LogP contribution is -1.78. The Hall–Kier alpha value is -0.330. The van der Waals surface area contributed by atoms with Crippen LogP contribution in [0.25, 0.3) is 0 Å². The quantitative estimate of drug-likeness (QED) is 0.914. The van der Waals surface area contributed by atoms with Gasteiger partial charge in [0.2, 0.25) is 0 Å². The molecule has 6 heteroatoms. The Morgan fingerprint density at radius 2 is 2.14 bits per heavy atom. The van der Waals surface area contributed by atoms with Gasteiger partial charge in [0.1, 0.15) is 14.7 Å². The summed E-state index contributed by atoms with van der Waals surface area (Å²) >= 11 is 8.25. The van der Waals surface area contributed by atoms with Crippen molar-refractivity contribution in [3.8, 4) is 0 Å². The van der Waals surface area contributed by atoms with Crippen LogP contribution in [0.4, 0.5) is 0 Å². The Morgan fingerprint density at radius 3 is 2.71 bits per heavy atom. The molecule has 1 N–H and O–H groups in total. The van der Waals surface area contributed by atoms with Crippen LogP contribution in [0.15, 0.2) is 43.5 Å². The number of H-pyrrole nitrogens is 1. The predicted octanol–water partition coefficient (Wildman–Crippen LogP) is 3.48. The first-order valence-electron chi connectivity index (χ1n) is 3.75. The van der Waals surface area contributed by atoms with E-state index in [0.717, 1.165) is 19.1 Å². The Balaban J connectivity index is 2.23. The second-order valence-electron chi connectivity index (χ2n) is 2.43. The van der Waals surface area contributed by atoms with Crippen molar-refractivity contribution in [3.63, 3.8) is 0 Å². The molecule has 2 aromatic rings. The zero-order valence-corrected chi connectivity index (χ0v) is 10.9. The smallest absolute Gasteiger partial charge is 0.140 e. The largest absolute Gasteiger partial charge is 0.269 e. The maximum Gasteiger partial charge on any atom is 0.140 e. The lowest BCUT2D eigenvalue weighted by molar-refractivity contribution is 0.987. The van der Waals surface area contributed by atoms with Gasteiger partial charge in [-0.25, -0.2) is 4.98 Å². The van der Waals surface area contributed by atoms with Gasteiger partial charge in [-0.3, -0.25) is 5.10 Å². The average molecular weight is 335 g/mol. The third-order valence-corrected chi connectivity index (χ3v) is 4.55. The second kappa shape index (κ2) is 4.46. The number of aromatic nitrogens is 3. The molecule has 0 spiro atoms. The monoisotopic (exact) mass is 333 g/mol. The van der Waals surface area contributed by atoms with Crippen molar-refractivity contribution in [2.45, 2.75) is 10.1 Å². The van der Waals surface area contributed by atoms with E-state index in [1.54, 1.807) is 6.20 Å². The lowest BCUT2D eigenvalue weighted by atomic mass is 10.5. The van der Waals surface area contributed by atoms with Crippen molar-refractivity contribution < 1.29 is 0 Å². The summed E-state index contributed by atoms with van der Waals surface area (Å²) in [6.07, 6.45) is 1.76. The van der Waals surface area contributed by atoms with Crippen LogP contribution in [0.3, 0.4) is 0 Å². The van der Waals surface area contributed by atoms with Crippen LogP contribution in [0, 0.1) is 0 Å². The van der Waals surface area contributed by atoms with Gasteiger partial charge in [-0.2, -0.15) is 5.10 Å². The third kappa shape index (κ3) is 2.18. The number of nitrogens with zero attached hydrogens (tertiary/aromatic N) is 2. The van der Waals surface area contributed by atoms with Gasteiger partial charge in [0.25, 0.3) is 0 Å². The van der Waals surface area contributed by atoms with Gasteiger partial charge in [-0.15, -0.1) is 0 Å². The molecule has 0 aliphatic rings. The number of halogens is 2. The van der Waals surface area contributed by atoms with Crippen LogP contribution in [0.2, 0.25) is 0 Å². The van der Waals surface area contributed by atoms with E-state index in [-0.39, 0.29) is 0 Å². The molecule has 2 aromatic heterocycles. The molecule has 2 heterocycles. The molecule has 0 saturated carbocycles. The van der Waals surface area contributed by atoms with Crippen LogP contribution >= 0.6 is 43.6 Å². The standard InChI is InChI=1S/C8H5Br2N3S/c9-6-7(10)12-13-8(6)14-5-3-1-2-4-11-5/h1-4H,(H,12,13). The zero-order valence-electron chi connectivity index (χ0n) is 6.87. The molecule has 72 valence electrons. The summed E-state index contributed by atoms with van der Waals surface area (Å²) in [5, 5.41) is 8.74. The highest BCUT2D eigenvalue weighted by atomic mass is 79.9. The van der Waals surface area contributed by atoms with Crippen molar-refractivity contribution in [1.29, 1.82) is 0 Å². The fourth-order valence-corrected chi connectivity index (χ4v) is 2.44. The van der Waals surface area contributed by atoms with Crippen LogP contribution < -0.4 is 0 Å². The SMILES string of the molecule is Brc1[nH]nc(Sc2ccccn2)c1Br. The van der Waals surface area contributed by atoms with Gasteiger partial charge in [-0.05, 0) is 55.8 Å². The minimum absolute atomic E-state index is 0.843. The fourth-order valence-electron chi connectivity index (χ4n) is 0.866. The predicted molar refractivity (Wildman–Crippen MR) is 62.3 cm³/mol. The number of nitrogens with one attached hydrogen (secondary N) is 1. The van der Waals surface area contributed by atoms with Crippen molar-refractivity contribution in [3.05, 3.63) is 33.5 Å². The molecule has 0 saturated heterocycles. The van der Waals surface area contributed by atoms with Crippen molar-refractivity contribution in [2.24, 2.45) is 0 Å². The molecule has 0 aliphatic carbocycles. The van der Waals surface area contributed by atoms with Gasteiger partial charge >= 0.3 is 0 Å². The van der Waals surface area contributed by atoms with Crippen LogP contribution in [-0.2, 0) is 0 Å². The highest BCUT2D eigenvalue weighted by molar-refractivity contribution is 9.13. The van der Waals surface area contributed by atoms with Gasteiger partial charge in [0.15, 0.2) is 0 Å². The minimum Gasteiger partial charge on any atom is -0.269 e. The molecule has 0 unspecified atom stereocenters. The normalized spacial score (nSPS) is 10.4. The molecule has 0 radical (unpaired) electrons. The van der Waals surface area contributed by atoms with Crippen molar-refractivity contribution in [1.82, 2.24) is 15.2 Å². The Bertz CT molecular complexity index is 429. The van der Waals surface area contributed by atoms with E-state index < -0.39 is 0 Å². The van der Waals surface area contributed by atoms with Crippen molar-refractivity contribution in [2.75, 3.05) is 0 Å². The first-order chi connectivity index (χ1) is 6.77. The summed E-state index contributed by atoms with van der Waals surface area (Å²) in [6, 6.07) is 5.78. The molecule has 0 atom stereocenters. The summed E-state index contributed by atoms with van der Waals surface area (Å²) in [7, 11) is 0. The molecule has 0 bridgehead atoms. The molecule has 0 aromatic carbocycles. The first-order valence-corrected chi connectivity index (χ1v) is 6.16. The highest BCUT2D eigenvalue weighted by Crippen LogP contribution is 2.34.